The Bertz CT molecular complexity index is 1250. The first-order valence-corrected chi connectivity index (χ1v) is 13.5. The zero-order valence-electron chi connectivity index (χ0n) is 21.9. The van der Waals surface area contributed by atoms with Gasteiger partial charge < -0.3 is 4.90 Å². The number of benzene rings is 2. The fraction of sp³-hybridized carbons (Fsp3) is 0.467. The van der Waals surface area contributed by atoms with E-state index in [0.29, 0.717) is 31.4 Å². The van der Waals surface area contributed by atoms with Crippen molar-refractivity contribution < 1.29 is 22.8 Å². The van der Waals surface area contributed by atoms with E-state index in [1.807, 2.05) is 73.4 Å². The van der Waals surface area contributed by atoms with E-state index in [-0.39, 0.29) is 25.0 Å². The number of hydrogen-bond acceptors (Lipinski definition) is 3. The molecule has 0 aromatic heterocycles. The molecule has 38 heavy (non-hydrogen) atoms. The molecular weight excluding hydrogens is 491 g/mol. The highest BCUT2D eigenvalue weighted by Crippen LogP contribution is 2.47. The fourth-order valence-corrected chi connectivity index (χ4v) is 6.41. The number of nitrogens with zero attached hydrogens (tertiary/aromatic N) is 3. The Morgan fingerprint density at radius 1 is 1.08 bits per heavy atom. The van der Waals surface area contributed by atoms with E-state index in [4.69, 9.17) is 0 Å². The van der Waals surface area contributed by atoms with Crippen LogP contribution in [0, 0.1) is 0 Å². The van der Waals surface area contributed by atoms with Gasteiger partial charge >= 0.3 is 6.18 Å². The first-order chi connectivity index (χ1) is 18.2. The van der Waals surface area contributed by atoms with E-state index in [2.05, 4.69) is 0 Å². The minimum absolute atomic E-state index is 0.0240. The lowest BCUT2D eigenvalue weighted by molar-refractivity contribution is -0.198. The van der Waals surface area contributed by atoms with Crippen LogP contribution in [0.3, 0.4) is 0 Å². The minimum Gasteiger partial charge on any atom is -0.331 e. The van der Waals surface area contributed by atoms with Gasteiger partial charge in [-0.3, -0.25) is 14.6 Å². The molecule has 0 radical (unpaired) electrons. The van der Waals surface area contributed by atoms with Crippen molar-refractivity contribution in [1.82, 2.24) is 14.9 Å². The molecule has 0 bridgehead atoms. The standard InChI is InChI=1S/C30H34F3N3O2/c1-3-4-15-29(21(2)18-22-9-6-8-12-26(22)29)28(38)36(20-30(31,32)33)34-16-13-24(14-17-34)35-19-23-10-5-7-11-25(23)27(35)37/h5-12,18,24H,3-4,13-17,19-20H2,1-2H3. The maximum Gasteiger partial charge on any atom is 0.407 e. The molecule has 8 heteroatoms. The van der Waals surface area contributed by atoms with E-state index >= 15 is 0 Å². The zero-order valence-corrected chi connectivity index (χ0v) is 21.9. The summed E-state index contributed by atoms with van der Waals surface area (Å²) in [6, 6.07) is 15.0. The van der Waals surface area contributed by atoms with Crippen LogP contribution in [0.25, 0.3) is 6.08 Å². The smallest absolute Gasteiger partial charge is 0.331 e. The van der Waals surface area contributed by atoms with E-state index in [9.17, 15) is 22.8 Å². The molecule has 0 saturated carbocycles. The van der Waals surface area contributed by atoms with E-state index < -0.39 is 24.0 Å². The summed E-state index contributed by atoms with van der Waals surface area (Å²) < 4.78 is 41.7. The number of hydrogen-bond donors (Lipinski definition) is 0. The van der Waals surface area contributed by atoms with E-state index in [1.165, 1.54) is 0 Å². The molecule has 2 amide bonds. The number of carbonyl (C=O) groups excluding carboxylic acids is 2. The third-order valence-electron chi connectivity index (χ3n) is 8.37. The maximum atomic E-state index is 14.3. The second kappa shape index (κ2) is 10.2. The van der Waals surface area contributed by atoms with Gasteiger partial charge in [-0.25, -0.2) is 5.01 Å². The van der Waals surface area contributed by atoms with Gasteiger partial charge in [-0.15, -0.1) is 0 Å². The third-order valence-corrected chi connectivity index (χ3v) is 8.37. The van der Waals surface area contributed by atoms with Gasteiger partial charge in [-0.2, -0.15) is 13.2 Å². The Morgan fingerprint density at radius 3 is 2.45 bits per heavy atom. The maximum absolute atomic E-state index is 14.3. The van der Waals surface area contributed by atoms with E-state index in [0.717, 1.165) is 40.1 Å². The highest BCUT2D eigenvalue weighted by atomic mass is 19.4. The quantitative estimate of drug-likeness (QED) is 0.448. The van der Waals surface area contributed by atoms with Crippen molar-refractivity contribution in [3.05, 3.63) is 76.4 Å². The molecule has 2 heterocycles. The van der Waals surface area contributed by atoms with Gasteiger partial charge in [0.1, 0.15) is 6.54 Å². The molecular formula is C30H34F3N3O2. The highest BCUT2D eigenvalue weighted by molar-refractivity contribution is 5.98. The summed E-state index contributed by atoms with van der Waals surface area (Å²) in [6.07, 6.45) is 0.445. The van der Waals surface area contributed by atoms with Gasteiger partial charge in [0.05, 0.1) is 5.41 Å². The molecule has 2 aromatic rings. The summed E-state index contributed by atoms with van der Waals surface area (Å²) in [5, 5.41) is 2.54. The van der Waals surface area contributed by atoms with Crippen molar-refractivity contribution in [3.63, 3.8) is 0 Å². The number of carbonyl (C=O) groups is 2. The molecule has 202 valence electrons. The molecule has 0 spiro atoms. The first-order valence-electron chi connectivity index (χ1n) is 13.5. The number of alkyl halides is 3. The monoisotopic (exact) mass is 525 g/mol. The molecule has 0 N–H and O–H groups in total. The molecule has 3 aliphatic rings. The van der Waals surface area contributed by atoms with Crippen molar-refractivity contribution in [2.24, 2.45) is 0 Å². The SMILES string of the molecule is CCCCC1(C(=O)N(CC(F)(F)F)N2CCC(N3Cc4ccccc4C3=O)CC2)C(C)=Cc2ccccc21. The van der Waals surface area contributed by atoms with Crippen molar-refractivity contribution in [1.29, 1.82) is 0 Å². The average molecular weight is 526 g/mol. The van der Waals surface area contributed by atoms with Crippen LogP contribution in [0.2, 0.25) is 0 Å². The number of amides is 2. The van der Waals surface area contributed by atoms with Gasteiger partial charge in [-0.05, 0) is 48.9 Å². The predicted octanol–water partition coefficient (Wildman–Crippen LogP) is 5.96. The highest BCUT2D eigenvalue weighted by Gasteiger charge is 2.51. The van der Waals surface area contributed by atoms with Crippen LogP contribution in [0.15, 0.2) is 54.1 Å². The Morgan fingerprint density at radius 2 is 1.76 bits per heavy atom. The molecule has 2 aliphatic heterocycles. The van der Waals surface area contributed by atoms with Crippen LogP contribution < -0.4 is 0 Å². The number of piperidine rings is 1. The lowest BCUT2D eigenvalue weighted by atomic mass is 9.73. The van der Waals surface area contributed by atoms with Crippen molar-refractivity contribution in [3.8, 4) is 0 Å². The van der Waals surface area contributed by atoms with Crippen molar-refractivity contribution in [2.45, 2.75) is 70.1 Å². The molecule has 1 aliphatic carbocycles. The number of unbranched alkanes of at least 4 members (excludes halogenated alkanes) is 1. The molecule has 1 atom stereocenters. The number of rotatable bonds is 7. The number of hydrazine groups is 1. The van der Waals surface area contributed by atoms with Crippen LogP contribution in [-0.4, -0.2) is 58.6 Å². The molecule has 5 rings (SSSR count). The third kappa shape index (κ3) is 4.64. The summed E-state index contributed by atoms with van der Waals surface area (Å²) in [6.45, 7) is 3.64. The molecule has 1 fully saturated rings. The van der Waals surface area contributed by atoms with Gasteiger partial charge in [-0.1, -0.05) is 73.9 Å². The molecule has 1 unspecified atom stereocenters. The van der Waals surface area contributed by atoms with Crippen LogP contribution in [0.4, 0.5) is 13.2 Å². The molecule has 5 nitrogen and oxygen atoms in total. The zero-order chi connectivity index (χ0) is 27.1. The number of halogens is 3. The van der Waals surface area contributed by atoms with Crippen LogP contribution in [-0.2, 0) is 16.8 Å². The number of fused-ring (bicyclic) bond motifs is 2. The van der Waals surface area contributed by atoms with Gasteiger partial charge in [0, 0.05) is 31.2 Å². The Labute approximate surface area is 221 Å². The van der Waals surface area contributed by atoms with E-state index in [1.54, 1.807) is 5.01 Å². The summed E-state index contributed by atoms with van der Waals surface area (Å²) in [5.74, 6) is -0.533. The topological polar surface area (TPSA) is 43.9 Å². The normalized spacial score (nSPS) is 21.9. The lowest BCUT2D eigenvalue weighted by Crippen LogP contribution is -2.60. The molecule has 1 saturated heterocycles. The lowest BCUT2D eigenvalue weighted by Gasteiger charge is -2.45. The minimum atomic E-state index is -4.54. The average Bonchev–Trinajstić information content (AvgIpc) is 3.39. The predicted molar refractivity (Wildman–Crippen MR) is 140 cm³/mol. The molecule has 2 aromatic carbocycles. The summed E-state index contributed by atoms with van der Waals surface area (Å²) in [4.78, 5) is 29.1. The van der Waals surface area contributed by atoms with Gasteiger partial charge in [0.25, 0.3) is 11.8 Å². The van der Waals surface area contributed by atoms with Crippen LogP contribution >= 0.6 is 0 Å². The fourth-order valence-electron chi connectivity index (χ4n) is 6.41. The Kier molecular flexibility index (Phi) is 7.11. The summed E-state index contributed by atoms with van der Waals surface area (Å²) in [7, 11) is 0. The van der Waals surface area contributed by atoms with Crippen molar-refractivity contribution >= 4 is 17.9 Å². The van der Waals surface area contributed by atoms with Gasteiger partial charge in [0.2, 0.25) is 0 Å². The Balaban J connectivity index is 1.40. The van der Waals surface area contributed by atoms with Crippen molar-refractivity contribution in [2.75, 3.05) is 19.6 Å². The van der Waals surface area contributed by atoms with Crippen LogP contribution in [0.5, 0.6) is 0 Å². The second-order valence-electron chi connectivity index (χ2n) is 10.7. The largest absolute Gasteiger partial charge is 0.407 e. The van der Waals surface area contributed by atoms with Gasteiger partial charge in [0.15, 0.2) is 0 Å². The first kappa shape index (κ1) is 26.5. The van der Waals surface area contributed by atoms with Crippen LogP contribution in [0.1, 0.15) is 73.0 Å². The Hall–Kier alpha value is -3.13. The second-order valence-corrected chi connectivity index (χ2v) is 10.7. The summed E-state index contributed by atoms with van der Waals surface area (Å²) >= 11 is 0. The summed E-state index contributed by atoms with van der Waals surface area (Å²) in [5.41, 5.74) is 3.05.